The fraction of sp³-hybridized carbons (Fsp3) is 0.562. The number of hydrogen-bond donors (Lipinski definition) is 1. The van der Waals surface area contributed by atoms with E-state index in [2.05, 4.69) is 12.2 Å². The van der Waals surface area contributed by atoms with Gasteiger partial charge in [0.1, 0.15) is 0 Å². The molecule has 23 heavy (non-hydrogen) atoms. The highest BCUT2D eigenvalue weighted by Crippen LogP contribution is 2.24. The quantitative estimate of drug-likeness (QED) is 0.834. The number of carbonyl (C=O) groups excluding carboxylic acids is 1. The maximum absolute atomic E-state index is 12.3. The normalized spacial score (nSPS) is 22.1. The molecule has 0 aromatic heterocycles. The molecule has 2 atom stereocenters. The van der Waals surface area contributed by atoms with Gasteiger partial charge in [0.15, 0.2) is 0 Å². The summed E-state index contributed by atoms with van der Waals surface area (Å²) in [6.45, 7) is 2.20. The molecule has 1 aromatic carbocycles. The van der Waals surface area contributed by atoms with E-state index < -0.39 is 10.0 Å². The molecular formula is C16H24N2O4S. The average Bonchev–Trinajstić information content (AvgIpc) is 2.54. The molecule has 0 aliphatic heterocycles. The van der Waals surface area contributed by atoms with Crippen molar-refractivity contribution in [1.82, 2.24) is 9.79 Å². The zero-order valence-electron chi connectivity index (χ0n) is 13.8. The number of hydrogen-bond acceptors (Lipinski definition) is 4. The minimum atomic E-state index is -3.69. The topological polar surface area (TPSA) is 75.7 Å². The summed E-state index contributed by atoms with van der Waals surface area (Å²) in [6.07, 6.45) is 4.34. The van der Waals surface area contributed by atoms with Crippen molar-refractivity contribution in [1.29, 1.82) is 0 Å². The first kappa shape index (κ1) is 17.9. The van der Waals surface area contributed by atoms with Crippen LogP contribution in [0.1, 0.15) is 43.0 Å². The number of hydroxylamine groups is 1. The third-order valence-corrected chi connectivity index (χ3v) is 5.98. The van der Waals surface area contributed by atoms with Crippen LogP contribution in [0.25, 0.3) is 0 Å². The van der Waals surface area contributed by atoms with Gasteiger partial charge in [-0.05, 0) is 43.0 Å². The van der Waals surface area contributed by atoms with Crippen LogP contribution in [0.5, 0.6) is 0 Å². The molecule has 1 aromatic rings. The summed E-state index contributed by atoms with van der Waals surface area (Å²) >= 11 is 0. The van der Waals surface area contributed by atoms with Gasteiger partial charge in [0.25, 0.3) is 15.9 Å². The van der Waals surface area contributed by atoms with E-state index in [0.29, 0.717) is 11.5 Å². The summed E-state index contributed by atoms with van der Waals surface area (Å²) in [7, 11) is -1.08. The van der Waals surface area contributed by atoms with Crippen LogP contribution in [-0.2, 0) is 14.9 Å². The minimum Gasteiger partial charge on any atom is -0.349 e. The Morgan fingerprint density at radius 1 is 1.26 bits per heavy atom. The molecule has 1 fully saturated rings. The van der Waals surface area contributed by atoms with Crippen LogP contribution < -0.4 is 5.32 Å². The van der Waals surface area contributed by atoms with Gasteiger partial charge in [0, 0.05) is 18.7 Å². The van der Waals surface area contributed by atoms with Crippen molar-refractivity contribution in [2.75, 3.05) is 14.2 Å². The Bertz CT molecular complexity index is 643. The number of amides is 1. The zero-order chi connectivity index (χ0) is 17.0. The molecule has 0 heterocycles. The number of carbonyl (C=O) groups is 1. The highest BCUT2D eigenvalue weighted by molar-refractivity contribution is 7.89. The minimum absolute atomic E-state index is 0.0877. The van der Waals surface area contributed by atoms with E-state index in [1.165, 1.54) is 44.8 Å². The Hall–Kier alpha value is -1.44. The van der Waals surface area contributed by atoms with Crippen molar-refractivity contribution in [3.05, 3.63) is 29.8 Å². The average molecular weight is 340 g/mol. The molecule has 1 saturated carbocycles. The van der Waals surface area contributed by atoms with Gasteiger partial charge in [-0.2, -0.15) is 0 Å². The lowest BCUT2D eigenvalue weighted by Gasteiger charge is -2.27. The summed E-state index contributed by atoms with van der Waals surface area (Å²) in [5.74, 6) is 0.472. The maximum Gasteiger partial charge on any atom is 0.264 e. The molecule has 0 saturated heterocycles. The molecule has 0 bridgehead atoms. The first-order valence-corrected chi connectivity index (χ1v) is 9.22. The monoisotopic (exact) mass is 340 g/mol. The van der Waals surface area contributed by atoms with Crippen LogP contribution in [0, 0.1) is 5.92 Å². The largest absolute Gasteiger partial charge is 0.349 e. The molecule has 1 N–H and O–H groups in total. The highest BCUT2D eigenvalue weighted by Gasteiger charge is 2.23. The molecule has 0 radical (unpaired) electrons. The Balaban J connectivity index is 2.06. The number of rotatable bonds is 5. The number of sulfonamides is 1. The second-order valence-corrected chi connectivity index (χ2v) is 8.00. The molecule has 1 aliphatic rings. The van der Waals surface area contributed by atoms with Crippen LogP contribution in [0.15, 0.2) is 29.2 Å². The van der Waals surface area contributed by atoms with Crippen LogP contribution in [0.3, 0.4) is 0 Å². The molecule has 0 spiro atoms. The molecule has 1 amide bonds. The Labute approximate surface area is 137 Å². The van der Waals surface area contributed by atoms with E-state index in [0.717, 1.165) is 23.7 Å². The third kappa shape index (κ3) is 4.31. The van der Waals surface area contributed by atoms with Gasteiger partial charge in [-0.15, -0.1) is 0 Å². The SMILES string of the molecule is CON(C)S(=O)(=O)c1ccc(C(=O)NC2CCCC(C)C2)cc1. The summed E-state index contributed by atoms with van der Waals surface area (Å²) < 4.78 is 25.0. The van der Waals surface area contributed by atoms with Crippen LogP contribution in [0.4, 0.5) is 0 Å². The van der Waals surface area contributed by atoms with Crippen molar-refractivity contribution >= 4 is 15.9 Å². The summed E-state index contributed by atoms with van der Waals surface area (Å²) in [5, 5.41) is 3.03. The lowest BCUT2D eigenvalue weighted by Crippen LogP contribution is -2.38. The van der Waals surface area contributed by atoms with Crippen molar-refractivity contribution < 1.29 is 18.0 Å². The summed E-state index contributed by atoms with van der Waals surface area (Å²) in [4.78, 5) is 17.1. The van der Waals surface area contributed by atoms with Crippen LogP contribution in [0.2, 0.25) is 0 Å². The van der Waals surface area contributed by atoms with Crippen molar-refractivity contribution in [2.45, 2.75) is 43.5 Å². The van der Waals surface area contributed by atoms with Crippen LogP contribution >= 0.6 is 0 Å². The number of benzene rings is 1. The van der Waals surface area contributed by atoms with E-state index in [-0.39, 0.29) is 16.8 Å². The van der Waals surface area contributed by atoms with Crippen molar-refractivity contribution in [3.8, 4) is 0 Å². The number of nitrogens with one attached hydrogen (secondary N) is 1. The van der Waals surface area contributed by atoms with Gasteiger partial charge in [-0.25, -0.2) is 8.42 Å². The molecule has 6 nitrogen and oxygen atoms in total. The maximum atomic E-state index is 12.3. The standard InChI is InChI=1S/C16H24N2O4S/c1-12-5-4-6-14(11-12)17-16(19)13-7-9-15(10-8-13)23(20,21)18(2)22-3/h7-10,12,14H,4-6,11H2,1-3H3,(H,17,19). The Morgan fingerprint density at radius 2 is 1.91 bits per heavy atom. The van der Waals surface area contributed by atoms with Gasteiger partial charge in [-0.3, -0.25) is 9.63 Å². The third-order valence-electron chi connectivity index (χ3n) is 4.28. The molecular weight excluding hydrogens is 316 g/mol. The second kappa shape index (κ2) is 7.42. The fourth-order valence-corrected chi connectivity index (χ4v) is 3.83. The molecule has 128 valence electrons. The smallest absolute Gasteiger partial charge is 0.264 e. The van der Waals surface area contributed by atoms with E-state index in [9.17, 15) is 13.2 Å². The predicted molar refractivity (Wildman–Crippen MR) is 87.3 cm³/mol. The summed E-state index contributed by atoms with van der Waals surface area (Å²) in [6, 6.07) is 6.09. The van der Waals surface area contributed by atoms with E-state index in [1.807, 2.05) is 0 Å². The molecule has 2 rings (SSSR count). The molecule has 7 heteroatoms. The Morgan fingerprint density at radius 3 is 2.48 bits per heavy atom. The predicted octanol–water partition coefficient (Wildman–Crippen LogP) is 2.18. The molecule has 1 aliphatic carbocycles. The van der Waals surface area contributed by atoms with E-state index >= 15 is 0 Å². The van der Waals surface area contributed by atoms with Crippen molar-refractivity contribution in [3.63, 3.8) is 0 Å². The lowest BCUT2D eigenvalue weighted by atomic mass is 9.87. The Kier molecular flexibility index (Phi) is 5.78. The fourth-order valence-electron chi connectivity index (χ4n) is 2.86. The second-order valence-electron chi connectivity index (χ2n) is 6.06. The van der Waals surface area contributed by atoms with Gasteiger partial charge < -0.3 is 5.32 Å². The lowest BCUT2D eigenvalue weighted by molar-refractivity contribution is -0.0258. The zero-order valence-corrected chi connectivity index (χ0v) is 14.6. The highest BCUT2D eigenvalue weighted by atomic mass is 32.2. The molecule has 2 unspecified atom stereocenters. The van der Waals surface area contributed by atoms with Crippen molar-refractivity contribution in [2.24, 2.45) is 5.92 Å². The first-order valence-electron chi connectivity index (χ1n) is 7.78. The summed E-state index contributed by atoms with van der Waals surface area (Å²) in [5.41, 5.74) is 0.460. The number of nitrogens with zero attached hydrogens (tertiary/aromatic N) is 1. The van der Waals surface area contributed by atoms with Gasteiger partial charge in [-0.1, -0.05) is 24.2 Å². The first-order chi connectivity index (χ1) is 10.8. The van der Waals surface area contributed by atoms with Gasteiger partial charge in [0.2, 0.25) is 0 Å². The van der Waals surface area contributed by atoms with E-state index in [4.69, 9.17) is 4.84 Å². The van der Waals surface area contributed by atoms with Gasteiger partial charge in [0.05, 0.1) is 12.0 Å². The van der Waals surface area contributed by atoms with Crippen LogP contribution in [-0.4, -0.2) is 39.0 Å². The van der Waals surface area contributed by atoms with E-state index in [1.54, 1.807) is 0 Å². The van der Waals surface area contributed by atoms with Gasteiger partial charge >= 0.3 is 0 Å².